The number of nitrogens with zero attached hydrogens (tertiary/aromatic N) is 2. The zero-order chi connectivity index (χ0) is 17.0. The van der Waals surface area contributed by atoms with Gasteiger partial charge in [0.1, 0.15) is 11.6 Å². The van der Waals surface area contributed by atoms with Gasteiger partial charge in [-0.1, -0.05) is 6.92 Å². The van der Waals surface area contributed by atoms with Crippen LogP contribution in [0.15, 0.2) is 0 Å². The number of piperidine rings is 1. The summed E-state index contributed by atoms with van der Waals surface area (Å²) >= 11 is 0. The summed E-state index contributed by atoms with van der Waals surface area (Å²) in [5.41, 5.74) is -0.450. The molecule has 6 nitrogen and oxygen atoms in total. The van der Waals surface area contributed by atoms with Crippen molar-refractivity contribution in [2.24, 2.45) is 0 Å². The van der Waals surface area contributed by atoms with Crippen molar-refractivity contribution < 1.29 is 14.3 Å². The summed E-state index contributed by atoms with van der Waals surface area (Å²) in [6.45, 7) is 11.0. The summed E-state index contributed by atoms with van der Waals surface area (Å²) in [5.74, 6) is -0.130. The number of carbonyl (C=O) groups excluding carboxylic acids is 2. The zero-order valence-corrected chi connectivity index (χ0v) is 14.9. The number of likely N-dealkylation sites (tertiary alicyclic amines) is 1. The summed E-state index contributed by atoms with van der Waals surface area (Å²) in [5, 5.41) is 2.92. The first-order valence-corrected chi connectivity index (χ1v) is 8.83. The van der Waals surface area contributed by atoms with Crippen LogP contribution in [0.25, 0.3) is 0 Å². The van der Waals surface area contributed by atoms with Crippen LogP contribution in [-0.4, -0.2) is 65.7 Å². The van der Waals surface area contributed by atoms with E-state index in [0.29, 0.717) is 6.04 Å². The van der Waals surface area contributed by atoms with Crippen molar-refractivity contribution in [2.45, 2.75) is 71.1 Å². The second kappa shape index (κ2) is 7.51. The van der Waals surface area contributed by atoms with E-state index in [9.17, 15) is 9.59 Å². The maximum Gasteiger partial charge on any atom is 0.323 e. The molecule has 1 atom stereocenters. The van der Waals surface area contributed by atoms with Crippen LogP contribution in [-0.2, 0) is 9.53 Å². The summed E-state index contributed by atoms with van der Waals surface area (Å²) in [6.07, 6.45) is 3.62. The Hall–Kier alpha value is -1.30. The van der Waals surface area contributed by atoms with Gasteiger partial charge in [-0.25, -0.2) is 4.79 Å². The number of amides is 2. The van der Waals surface area contributed by atoms with Gasteiger partial charge in [-0.2, -0.15) is 0 Å². The number of nitrogens with one attached hydrogen (secondary N) is 1. The Morgan fingerprint density at radius 3 is 2.48 bits per heavy atom. The summed E-state index contributed by atoms with van der Waals surface area (Å²) < 4.78 is 5.55. The highest BCUT2D eigenvalue weighted by Gasteiger charge is 2.34. The minimum atomic E-state index is -0.450. The van der Waals surface area contributed by atoms with Gasteiger partial charge in [0.2, 0.25) is 0 Å². The predicted octanol–water partition coefficient (Wildman–Crippen LogP) is 1.99. The van der Waals surface area contributed by atoms with E-state index in [0.717, 1.165) is 51.9 Å². The third-order valence-corrected chi connectivity index (χ3v) is 4.56. The molecule has 0 spiro atoms. The number of ether oxygens (including phenoxy) is 1. The fourth-order valence-corrected chi connectivity index (χ4v) is 3.45. The number of esters is 1. The lowest BCUT2D eigenvalue weighted by atomic mass is 10.00. The van der Waals surface area contributed by atoms with Crippen LogP contribution >= 0.6 is 0 Å². The van der Waals surface area contributed by atoms with Gasteiger partial charge in [-0.05, 0) is 46.5 Å². The highest BCUT2D eigenvalue weighted by atomic mass is 16.6. The third kappa shape index (κ3) is 4.83. The Morgan fingerprint density at radius 2 is 1.96 bits per heavy atom. The lowest BCUT2D eigenvalue weighted by Gasteiger charge is -2.42. The molecule has 2 aliphatic heterocycles. The van der Waals surface area contributed by atoms with Crippen LogP contribution in [0.2, 0.25) is 0 Å². The van der Waals surface area contributed by atoms with E-state index >= 15 is 0 Å². The summed E-state index contributed by atoms with van der Waals surface area (Å²) in [7, 11) is 0. The van der Waals surface area contributed by atoms with Crippen molar-refractivity contribution in [2.75, 3.05) is 26.2 Å². The van der Waals surface area contributed by atoms with Crippen molar-refractivity contribution >= 4 is 12.0 Å². The molecule has 2 rings (SSSR count). The quantitative estimate of drug-likeness (QED) is 0.803. The summed E-state index contributed by atoms with van der Waals surface area (Å²) in [4.78, 5) is 28.5. The van der Waals surface area contributed by atoms with Crippen molar-refractivity contribution in [1.29, 1.82) is 0 Å². The van der Waals surface area contributed by atoms with Gasteiger partial charge in [0.15, 0.2) is 0 Å². The van der Waals surface area contributed by atoms with E-state index in [1.807, 2.05) is 32.6 Å². The zero-order valence-electron chi connectivity index (χ0n) is 14.9. The molecule has 23 heavy (non-hydrogen) atoms. The molecule has 0 bridgehead atoms. The monoisotopic (exact) mass is 325 g/mol. The van der Waals surface area contributed by atoms with Gasteiger partial charge in [-0.3, -0.25) is 9.69 Å². The molecule has 2 fully saturated rings. The molecule has 1 N–H and O–H groups in total. The fraction of sp³-hybridized carbons (Fsp3) is 0.882. The van der Waals surface area contributed by atoms with Crippen molar-refractivity contribution in [3.63, 3.8) is 0 Å². The largest absolute Gasteiger partial charge is 0.459 e. The average molecular weight is 325 g/mol. The number of hydrogen-bond donors (Lipinski definition) is 1. The first-order valence-electron chi connectivity index (χ1n) is 8.83. The average Bonchev–Trinajstić information content (AvgIpc) is 2.47. The first kappa shape index (κ1) is 18.0. The maximum atomic E-state index is 12.4. The highest BCUT2D eigenvalue weighted by molar-refractivity contribution is 5.76. The third-order valence-electron chi connectivity index (χ3n) is 4.56. The smallest absolute Gasteiger partial charge is 0.323 e. The van der Waals surface area contributed by atoms with Crippen LogP contribution in [0.5, 0.6) is 0 Å². The second-order valence-electron chi connectivity index (χ2n) is 7.50. The van der Waals surface area contributed by atoms with Crippen molar-refractivity contribution in [1.82, 2.24) is 15.1 Å². The van der Waals surface area contributed by atoms with Gasteiger partial charge in [0.05, 0.1) is 0 Å². The predicted molar refractivity (Wildman–Crippen MR) is 89.2 cm³/mol. The van der Waals surface area contributed by atoms with E-state index in [4.69, 9.17) is 4.74 Å². The van der Waals surface area contributed by atoms with Crippen LogP contribution in [0, 0.1) is 0 Å². The Kier molecular flexibility index (Phi) is 5.89. The molecule has 0 aromatic carbocycles. The molecule has 0 saturated carbocycles. The molecule has 0 aromatic heterocycles. The van der Waals surface area contributed by atoms with Crippen LogP contribution in [0.3, 0.4) is 0 Å². The van der Waals surface area contributed by atoms with Crippen LogP contribution < -0.4 is 5.32 Å². The maximum absolute atomic E-state index is 12.4. The van der Waals surface area contributed by atoms with E-state index in [2.05, 4.69) is 10.2 Å². The molecule has 2 amide bonds. The highest BCUT2D eigenvalue weighted by Crippen LogP contribution is 2.22. The van der Waals surface area contributed by atoms with Gasteiger partial charge in [-0.15, -0.1) is 0 Å². The molecular formula is C17H31N3O3. The van der Waals surface area contributed by atoms with E-state index in [1.165, 1.54) is 0 Å². The summed E-state index contributed by atoms with van der Waals surface area (Å²) in [6, 6.07) is 0.182. The molecule has 2 heterocycles. The van der Waals surface area contributed by atoms with Gasteiger partial charge in [0, 0.05) is 32.2 Å². The first-order chi connectivity index (χ1) is 10.8. The lowest BCUT2D eigenvalue weighted by molar-refractivity contribution is -0.162. The van der Waals surface area contributed by atoms with Crippen molar-refractivity contribution in [3.8, 4) is 0 Å². The van der Waals surface area contributed by atoms with E-state index < -0.39 is 5.60 Å². The number of urea groups is 1. The van der Waals surface area contributed by atoms with Crippen LogP contribution in [0.1, 0.15) is 53.4 Å². The Balaban J connectivity index is 1.89. The molecule has 2 saturated heterocycles. The standard InChI is InChI=1S/C17H31N3O3/c1-5-14(15(21)23-17(2,3)4)19-11-7-13(8-12-19)20-10-6-9-18-16(20)22/h13-14H,5-12H2,1-4H3,(H,18,22). The fourth-order valence-electron chi connectivity index (χ4n) is 3.45. The Labute approximate surface area is 139 Å². The molecule has 6 heteroatoms. The molecule has 2 aliphatic rings. The SMILES string of the molecule is CCC(C(=O)OC(C)(C)C)N1CCC(N2CCCNC2=O)CC1. The topological polar surface area (TPSA) is 61.9 Å². The number of hydrogen-bond acceptors (Lipinski definition) is 4. The van der Waals surface area contributed by atoms with Gasteiger partial charge < -0.3 is 15.0 Å². The molecule has 0 aliphatic carbocycles. The lowest BCUT2D eigenvalue weighted by Crippen LogP contribution is -2.56. The minimum Gasteiger partial charge on any atom is -0.459 e. The minimum absolute atomic E-state index is 0.0638. The van der Waals surface area contributed by atoms with E-state index in [-0.39, 0.29) is 18.0 Å². The van der Waals surface area contributed by atoms with Gasteiger partial charge in [0.25, 0.3) is 0 Å². The Morgan fingerprint density at radius 1 is 1.30 bits per heavy atom. The number of rotatable bonds is 4. The normalized spacial score (nSPS) is 22.6. The van der Waals surface area contributed by atoms with Gasteiger partial charge >= 0.3 is 12.0 Å². The second-order valence-corrected chi connectivity index (χ2v) is 7.50. The molecule has 1 unspecified atom stereocenters. The molecular weight excluding hydrogens is 294 g/mol. The van der Waals surface area contributed by atoms with Crippen molar-refractivity contribution in [3.05, 3.63) is 0 Å². The van der Waals surface area contributed by atoms with Crippen LogP contribution in [0.4, 0.5) is 4.79 Å². The number of carbonyl (C=O) groups is 2. The Bertz CT molecular complexity index is 425. The molecule has 132 valence electrons. The van der Waals surface area contributed by atoms with E-state index in [1.54, 1.807) is 0 Å². The molecule has 0 aromatic rings. The molecule has 0 radical (unpaired) electrons.